The number of likely N-dealkylation sites (tertiary alicyclic amines) is 1. The summed E-state index contributed by atoms with van der Waals surface area (Å²) in [4.78, 5) is 25.6. The van der Waals surface area contributed by atoms with E-state index in [0.717, 1.165) is 10.9 Å². The molecule has 128 valence electrons. The second-order valence-electron chi connectivity index (χ2n) is 6.31. The topological polar surface area (TPSA) is 80.0 Å². The monoisotopic (exact) mass is 331 g/mol. The summed E-state index contributed by atoms with van der Waals surface area (Å²) in [5, 5.41) is 10.1. The molecule has 1 aliphatic heterocycles. The fourth-order valence-corrected chi connectivity index (χ4v) is 3.25. The van der Waals surface area contributed by atoms with Crippen molar-refractivity contribution in [3.63, 3.8) is 0 Å². The molecule has 0 spiro atoms. The van der Waals surface area contributed by atoms with Crippen molar-refractivity contribution in [2.75, 3.05) is 13.7 Å². The molecule has 6 nitrogen and oxygen atoms in total. The summed E-state index contributed by atoms with van der Waals surface area (Å²) in [6, 6.07) is 5.55. The minimum atomic E-state index is -0.833. The molecule has 2 aromatic rings. The number of nitrogens with zero attached hydrogens (tertiary/aromatic N) is 1. The summed E-state index contributed by atoms with van der Waals surface area (Å²) in [6.45, 7) is 2.24. The lowest BCUT2D eigenvalue weighted by atomic mass is 9.93. The van der Waals surface area contributed by atoms with Gasteiger partial charge in [0.25, 0.3) is 0 Å². The van der Waals surface area contributed by atoms with E-state index in [1.165, 1.54) is 0 Å². The van der Waals surface area contributed by atoms with Gasteiger partial charge in [-0.1, -0.05) is 0 Å². The second kappa shape index (κ2) is 6.55. The van der Waals surface area contributed by atoms with Crippen LogP contribution < -0.4 is 4.74 Å². The standard InChI is InChI=1S/C18H21NO5/c1-11-3-4-12(18(21)22)9-19(11)17(20)7-13-10-24-16-8-14(23-2)5-6-15(13)16/h5-6,8,10-12H,3-4,7,9H2,1-2H3,(H,21,22). The van der Waals surface area contributed by atoms with Gasteiger partial charge in [0.05, 0.1) is 25.7 Å². The Balaban J connectivity index is 1.77. The van der Waals surface area contributed by atoms with E-state index in [9.17, 15) is 14.7 Å². The molecule has 0 bridgehead atoms. The normalized spacial score (nSPS) is 21.0. The van der Waals surface area contributed by atoms with Crippen LogP contribution in [-0.2, 0) is 16.0 Å². The van der Waals surface area contributed by atoms with Gasteiger partial charge in [0, 0.05) is 29.6 Å². The van der Waals surface area contributed by atoms with Gasteiger partial charge >= 0.3 is 5.97 Å². The highest BCUT2D eigenvalue weighted by Gasteiger charge is 2.32. The molecule has 2 heterocycles. The molecule has 1 aromatic carbocycles. The number of hydrogen-bond donors (Lipinski definition) is 1. The third kappa shape index (κ3) is 3.09. The molecule has 0 radical (unpaired) electrons. The number of carboxylic acid groups (broad SMARTS) is 1. The lowest BCUT2D eigenvalue weighted by molar-refractivity contribution is -0.147. The zero-order chi connectivity index (χ0) is 17.3. The van der Waals surface area contributed by atoms with Crippen molar-refractivity contribution < 1.29 is 23.8 Å². The number of amides is 1. The molecular weight excluding hydrogens is 310 g/mol. The molecule has 0 aliphatic carbocycles. The summed E-state index contributed by atoms with van der Waals surface area (Å²) < 4.78 is 10.7. The fourth-order valence-electron chi connectivity index (χ4n) is 3.25. The fraction of sp³-hybridized carbons (Fsp3) is 0.444. The smallest absolute Gasteiger partial charge is 0.308 e. The zero-order valence-corrected chi connectivity index (χ0v) is 13.8. The Morgan fingerprint density at radius 1 is 1.38 bits per heavy atom. The van der Waals surface area contributed by atoms with Gasteiger partial charge in [-0.3, -0.25) is 9.59 Å². The van der Waals surface area contributed by atoms with Gasteiger partial charge in [0.2, 0.25) is 5.91 Å². The molecule has 1 aromatic heterocycles. The maximum absolute atomic E-state index is 12.7. The molecule has 24 heavy (non-hydrogen) atoms. The van der Waals surface area contributed by atoms with E-state index in [1.807, 2.05) is 19.1 Å². The molecule has 1 amide bonds. The van der Waals surface area contributed by atoms with Gasteiger partial charge < -0.3 is 19.2 Å². The van der Waals surface area contributed by atoms with Crippen molar-refractivity contribution in [2.24, 2.45) is 5.92 Å². The number of methoxy groups -OCH3 is 1. The Kier molecular flexibility index (Phi) is 4.46. The quantitative estimate of drug-likeness (QED) is 0.932. The first-order chi connectivity index (χ1) is 11.5. The van der Waals surface area contributed by atoms with E-state index in [0.29, 0.717) is 24.2 Å². The number of piperidine rings is 1. The minimum Gasteiger partial charge on any atom is -0.497 e. The maximum Gasteiger partial charge on any atom is 0.308 e. The Morgan fingerprint density at radius 2 is 2.17 bits per heavy atom. The number of benzene rings is 1. The van der Waals surface area contributed by atoms with Gasteiger partial charge in [-0.2, -0.15) is 0 Å². The molecular formula is C18H21NO5. The molecule has 1 aliphatic rings. The van der Waals surface area contributed by atoms with Gasteiger partial charge in [-0.25, -0.2) is 0 Å². The van der Waals surface area contributed by atoms with Gasteiger partial charge in [-0.05, 0) is 31.9 Å². The third-order valence-electron chi connectivity index (χ3n) is 4.76. The van der Waals surface area contributed by atoms with E-state index >= 15 is 0 Å². The highest BCUT2D eigenvalue weighted by atomic mass is 16.5. The van der Waals surface area contributed by atoms with Crippen LogP contribution in [0.15, 0.2) is 28.9 Å². The van der Waals surface area contributed by atoms with E-state index in [2.05, 4.69) is 0 Å². The summed E-state index contributed by atoms with van der Waals surface area (Å²) in [5.74, 6) is -0.674. The first kappa shape index (κ1) is 16.4. The number of carboxylic acids is 1. The van der Waals surface area contributed by atoms with E-state index in [-0.39, 0.29) is 24.9 Å². The van der Waals surface area contributed by atoms with Crippen molar-refractivity contribution in [1.29, 1.82) is 0 Å². The predicted octanol–water partition coefficient (Wildman–Crippen LogP) is 2.70. The molecule has 2 unspecified atom stereocenters. The number of furan rings is 1. The SMILES string of the molecule is COc1ccc2c(CC(=O)N3CC(C(=O)O)CCC3C)coc2c1. The van der Waals surface area contributed by atoms with Crippen LogP contribution in [0.5, 0.6) is 5.75 Å². The zero-order valence-electron chi connectivity index (χ0n) is 13.8. The molecule has 6 heteroatoms. The summed E-state index contributed by atoms with van der Waals surface area (Å²) in [6.07, 6.45) is 3.13. The second-order valence-corrected chi connectivity index (χ2v) is 6.31. The average molecular weight is 331 g/mol. The van der Waals surface area contributed by atoms with Crippen LogP contribution >= 0.6 is 0 Å². The van der Waals surface area contributed by atoms with Crippen molar-refractivity contribution in [2.45, 2.75) is 32.2 Å². The summed E-state index contributed by atoms with van der Waals surface area (Å²) in [5.41, 5.74) is 1.48. The molecule has 1 N–H and O–H groups in total. The van der Waals surface area contributed by atoms with Crippen molar-refractivity contribution in [1.82, 2.24) is 4.90 Å². The lowest BCUT2D eigenvalue weighted by Crippen LogP contribution is -2.47. The third-order valence-corrected chi connectivity index (χ3v) is 4.76. The van der Waals surface area contributed by atoms with Gasteiger partial charge in [-0.15, -0.1) is 0 Å². The minimum absolute atomic E-state index is 0.0614. The van der Waals surface area contributed by atoms with Gasteiger partial charge in [0.15, 0.2) is 0 Å². The summed E-state index contributed by atoms with van der Waals surface area (Å²) in [7, 11) is 1.59. The average Bonchev–Trinajstić information content (AvgIpc) is 2.96. The lowest BCUT2D eigenvalue weighted by Gasteiger charge is -2.36. The van der Waals surface area contributed by atoms with Crippen LogP contribution in [0.2, 0.25) is 0 Å². The first-order valence-electron chi connectivity index (χ1n) is 8.06. The number of carbonyl (C=O) groups excluding carboxylic acids is 1. The van der Waals surface area contributed by atoms with Crippen LogP contribution in [0.4, 0.5) is 0 Å². The van der Waals surface area contributed by atoms with Crippen molar-refractivity contribution >= 4 is 22.8 Å². The van der Waals surface area contributed by atoms with Crippen LogP contribution in [0.3, 0.4) is 0 Å². The van der Waals surface area contributed by atoms with Crippen molar-refractivity contribution in [3.8, 4) is 5.75 Å². The highest BCUT2D eigenvalue weighted by molar-refractivity contribution is 5.88. The Labute approximate surface area is 140 Å². The van der Waals surface area contributed by atoms with Crippen molar-refractivity contribution in [3.05, 3.63) is 30.0 Å². The van der Waals surface area contributed by atoms with E-state index in [1.54, 1.807) is 24.3 Å². The number of hydrogen-bond acceptors (Lipinski definition) is 4. The highest BCUT2D eigenvalue weighted by Crippen LogP contribution is 2.28. The molecule has 1 saturated heterocycles. The largest absolute Gasteiger partial charge is 0.497 e. The molecule has 1 fully saturated rings. The van der Waals surface area contributed by atoms with E-state index < -0.39 is 11.9 Å². The van der Waals surface area contributed by atoms with Crippen LogP contribution in [-0.4, -0.2) is 41.6 Å². The maximum atomic E-state index is 12.7. The number of ether oxygens (including phenoxy) is 1. The van der Waals surface area contributed by atoms with Crippen LogP contribution in [0, 0.1) is 5.92 Å². The molecule has 2 atom stereocenters. The van der Waals surface area contributed by atoms with Crippen LogP contribution in [0.25, 0.3) is 11.0 Å². The Morgan fingerprint density at radius 3 is 2.88 bits per heavy atom. The first-order valence-corrected chi connectivity index (χ1v) is 8.06. The number of aliphatic carboxylic acids is 1. The Bertz CT molecular complexity index is 766. The van der Waals surface area contributed by atoms with Crippen LogP contribution in [0.1, 0.15) is 25.3 Å². The van der Waals surface area contributed by atoms with E-state index in [4.69, 9.17) is 9.15 Å². The summed E-state index contributed by atoms with van der Waals surface area (Å²) >= 11 is 0. The molecule has 0 saturated carbocycles. The number of rotatable bonds is 4. The number of carbonyl (C=O) groups is 2. The number of fused-ring (bicyclic) bond motifs is 1. The predicted molar refractivity (Wildman–Crippen MR) is 88.0 cm³/mol. The molecule has 3 rings (SSSR count). The Hall–Kier alpha value is -2.50. The van der Waals surface area contributed by atoms with Gasteiger partial charge in [0.1, 0.15) is 11.3 Å².